The normalized spacial score (nSPS) is 17.5. The molecule has 0 radical (unpaired) electrons. The number of aliphatic hydroxyl groups excluding tert-OH is 1. The van der Waals surface area contributed by atoms with Gasteiger partial charge in [-0.25, -0.2) is 0 Å². The van der Waals surface area contributed by atoms with Crippen molar-refractivity contribution in [3.05, 3.63) is 29.8 Å². The smallest absolute Gasteiger partial charge is 0.123 e. The quantitative estimate of drug-likeness (QED) is 0.803. The Bertz CT molecular complexity index is 321. The van der Waals surface area contributed by atoms with Crippen LogP contribution in [0.25, 0.3) is 0 Å². The summed E-state index contributed by atoms with van der Waals surface area (Å²) in [5.74, 6) is 1.42. The Morgan fingerprint density at radius 2 is 2.13 bits per heavy atom. The minimum absolute atomic E-state index is 0.308. The lowest BCUT2D eigenvalue weighted by atomic mass is 10.0. The maximum Gasteiger partial charge on any atom is 0.123 e. The van der Waals surface area contributed by atoms with Crippen LogP contribution in [0.4, 0.5) is 0 Å². The van der Waals surface area contributed by atoms with E-state index in [-0.39, 0.29) is 0 Å². The van der Waals surface area contributed by atoms with E-state index in [0.717, 1.165) is 25.4 Å². The van der Waals surface area contributed by atoms with Gasteiger partial charge in [-0.15, -0.1) is 0 Å². The summed E-state index contributed by atoms with van der Waals surface area (Å²) in [5, 5.41) is 8.92. The molecule has 15 heavy (non-hydrogen) atoms. The Morgan fingerprint density at radius 1 is 1.40 bits per heavy atom. The second-order valence-corrected chi connectivity index (χ2v) is 4.05. The zero-order valence-electron chi connectivity index (χ0n) is 9.02. The summed E-state index contributed by atoms with van der Waals surface area (Å²) in [6.07, 6.45) is 0. The molecule has 0 bridgehead atoms. The van der Waals surface area contributed by atoms with Gasteiger partial charge in [0.2, 0.25) is 0 Å². The van der Waals surface area contributed by atoms with E-state index in [1.807, 2.05) is 18.2 Å². The van der Waals surface area contributed by atoms with E-state index in [0.29, 0.717) is 12.5 Å². The van der Waals surface area contributed by atoms with E-state index < -0.39 is 0 Å². The fourth-order valence-electron chi connectivity index (χ4n) is 2.00. The van der Waals surface area contributed by atoms with Crippen LogP contribution in [0, 0.1) is 5.92 Å². The number of likely N-dealkylation sites (tertiary alicyclic amines) is 1. The third-order valence-electron chi connectivity index (χ3n) is 2.88. The lowest BCUT2D eigenvalue weighted by molar-refractivity contribution is 0.0474. The van der Waals surface area contributed by atoms with Crippen molar-refractivity contribution in [2.45, 2.75) is 6.54 Å². The highest BCUT2D eigenvalue weighted by atomic mass is 16.5. The van der Waals surface area contributed by atoms with E-state index in [1.165, 1.54) is 5.56 Å². The summed E-state index contributed by atoms with van der Waals surface area (Å²) in [6.45, 7) is 3.21. The molecule has 0 aliphatic carbocycles. The van der Waals surface area contributed by atoms with Crippen molar-refractivity contribution in [1.82, 2.24) is 4.90 Å². The van der Waals surface area contributed by atoms with Crippen molar-refractivity contribution in [3.8, 4) is 5.75 Å². The van der Waals surface area contributed by atoms with E-state index in [4.69, 9.17) is 9.84 Å². The Hall–Kier alpha value is -1.06. The molecule has 0 spiro atoms. The summed E-state index contributed by atoms with van der Waals surface area (Å²) in [4.78, 5) is 2.32. The van der Waals surface area contributed by atoms with Gasteiger partial charge >= 0.3 is 0 Å². The van der Waals surface area contributed by atoms with Gasteiger partial charge in [-0.2, -0.15) is 0 Å². The van der Waals surface area contributed by atoms with Gasteiger partial charge < -0.3 is 9.84 Å². The van der Waals surface area contributed by atoms with Crippen molar-refractivity contribution >= 4 is 0 Å². The molecule has 1 aliphatic rings. The van der Waals surface area contributed by atoms with Crippen molar-refractivity contribution in [2.75, 3.05) is 26.8 Å². The Balaban J connectivity index is 1.94. The van der Waals surface area contributed by atoms with E-state index in [1.54, 1.807) is 7.11 Å². The zero-order valence-corrected chi connectivity index (χ0v) is 9.02. The van der Waals surface area contributed by atoms with E-state index in [9.17, 15) is 0 Å². The van der Waals surface area contributed by atoms with Crippen LogP contribution in [-0.4, -0.2) is 36.8 Å². The first-order chi connectivity index (χ1) is 7.33. The minimum Gasteiger partial charge on any atom is -0.496 e. The highest BCUT2D eigenvalue weighted by Crippen LogP contribution is 2.23. The fraction of sp³-hybridized carbons (Fsp3) is 0.500. The largest absolute Gasteiger partial charge is 0.496 e. The van der Waals surface area contributed by atoms with Gasteiger partial charge in [0.1, 0.15) is 5.75 Å². The summed E-state index contributed by atoms with van der Waals surface area (Å²) < 4.78 is 5.29. The van der Waals surface area contributed by atoms with Crippen LogP contribution in [0.15, 0.2) is 24.3 Å². The lowest BCUT2D eigenvalue weighted by Crippen LogP contribution is -2.47. The van der Waals surface area contributed by atoms with Gasteiger partial charge in [-0.05, 0) is 6.07 Å². The molecular formula is C12H17NO2. The van der Waals surface area contributed by atoms with Crippen LogP contribution in [-0.2, 0) is 6.54 Å². The Kier molecular flexibility index (Phi) is 3.23. The monoisotopic (exact) mass is 207 g/mol. The second kappa shape index (κ2) is 4.64. The summed E-state index contributed by atoms with van der Waals surface area (Å²) in [5.41, 5.74) is 1.22. The average molecular weight is 207 g/mol. The zero-order chi connectivity index (χ0) is 10.7. The van der Waals surface area contributed by atoms with Crippen LogP contribution in [0.5, 0.6) is 5.75 Å². The lowest BCUT2D eigenvalue weighted by Gasteiger charge is -2.38. The molecule has 0 unspecified atom stereocenters. The van der Waals surface area contributed by atoms with Gasteiger partial charge in [0.15, 0.2) is 0 Å². The Morgan fingerprint density at radius 3 is 2.80 bits per heavy atom. The van der Waals surface area contributed by atoms with Crippen LogP contribution in [0.1, 0.15) is 5.56 Å². The van der Waals surface area contributed by atoms with E-state index >= 15 is 0 Å². The number of hydrogen-bond donors (Lipinski definition) is 1. The molecule has 3 heteroatoms. The van der Waals surface area contributed by atoms with Gasteiger partial charge in [-0.1, -0.05) is 18.2 Å². The number of nitrogens with zero attached hydrogens (tertiary/aromatic N) is 1. The van der Waals surface area contributed by atoms with Crippen molar-refractivity contribution in [2.24, 2.45) is 5.92 Å². The molecule has 1 N–H and O–H groups in total. The number of hydrogen-bond acceptors (Lipinski definition) is 3. The molecule has 1 aromatic carbocycles. The maximum atomic E-state index is 8.92. The van der Waals surface area contributed by atoms with Crippen LogP contribution in [0.3, 0.4) is 0 Å². The molecule has 1 aliphatic heterocycles. The van der Waals surface area contributed by atoms with Crippen LogP contribution >= 0.6 is 0 Å². The minimum atomic E-state index is 0.308. The molecule has 1 fully saturated rings. The van der Waals surface area contributed by atoms with Crippen LogP contribution in [0.2, 0.25) is 0 Å². The molecule has 3 nitrogen and oxygen atoms in total. The predicted octanol–water partition coefficient (Wildman–Crippen LogP) is 1.12. The maximum absolute atomic E-state index is 8.92. The number of benzene rings is 1. The molecule has 1 aromatic rings. The van der Waals surface area contributed by atoms with Crippen molar-refractivity contribution < 1.29 is 9.84 Å². The third-order valence-corrected chi connectivity index (χ3v) is 2.88. The molecular weight excluding hydrogens is 190 g/mol. The van der Waals surface area contributed by atoms with Crippen molar-refractivity contribution in [1.29, 1.82) is 0 Å². The van der Waals surface area contributed by atoms with Gasteiger partial charge in [0.25, 0.3) is 0 Å². The third kappa shape index (κ3) is 2.30. The topological polar surface area (TPSA) is 32.7 Å². The van der Waals surface area contributed by atoms with Crippen LogP contribution < -0.4 is 4.74 Å². The number of rotatable bonds is 4. The van der Waals surface area contributed by atoms with Gasteiger partial charge in [-0.3, -0.25) is 4.90 Å². The number of para-hydroxylation sites is 1. The summed E-state index contributed by atoms with van der Waals surface area (Å²) in [7, 11) is 1.70. The van der Waals surface area contributed by atoms with Gasteiger partial charge in [0, 0.05) is 37.7 Å². The molecule has 0 amide bonds. The predicted molar refractivity (Wildman–Crippen MR) is 58.8 cm³/mol. The van der Waals surface area contributed by atoms with E-state index in [2.05, 4.69) is 11.0 Å². The molecule has 82 valence electrons. The van der Waals surface area contributed by atoms with Gasteiger partial charge in [0.05, 0.1) is 7.11 Å². The highest BCUT2D eigenvalue weighted by Gasteiger charge is 2.26. The first-order valence-electron chi connectivity index (χ1n) is 5.28. The summed E-state index contributed by atoms with van der Waals surface area (Å²) in [6, 6.07) is 8.08. The first kappa shape index (κ1) is 10.5. The highest BCUT2D eigenvalue weighted by molar-refractivity contribution is 5.33. The molecule has 2 rings (SSSR count). The molecule has 1 heterocycles. The molecule has 0 aromatic heterocycles. The number of methoxy groups -OCH3 is 1. The van der Waals surface area contributed by atoms with Crippen molar-refractivity contribution in [3.63, 3.8) is 0 Å². The molecule has 0 saturated carbocycles. The fourth-order valence-corrected chi connectivity index (χ4v) is 2.00. The average Bonchev–Trinajstić information content (AvgIpc) is 2.23. The number of ether oxygens (including phenoxy) is 1. The molecule has 1 saturated heterocycles. The molecule has 0 atom stereocenters. The Labute approximate surface area is 90.3 Å². The first-order valence-corrected chi connectivity index (χ1v) is 5.28. The SMILES string of the molecule is COc1ccccc1CN1CC(CO)C1. The number of aliphatic hydroxyl groups is 1. The summed E-state index contributed by atoms with van der Waals surface area (Å²) >= 11 is 0. The second-order valence-electron chi connectivity index (χ2n) is 4.05. The standard InChI is InChI=1S/C12H17NO2/c1-15-12-5-3-2-4-11(12)8-13-6-10(7-13)9-14/h2-5,10,14H,6-9H2,1H3.